The van der Waals surface area contributed by atoms with Crippen LogP contribution in [0, 0.1) is 0 Å². The lowest BCUT2D eigenvalue weighted by Gasteiger charge is -2.20. The third kappa shape index (κ3) is 3.42. The van der Waals surface area contributed by atoms with Crippen LogP contribution < -0.4 is 10.6 Å². The van der Waals surface area contributed by atoms with Crippen molar-refractivity contribution in [3.63, 3.8) is 0 Å². The second kappa shape index (κ2) is 7.22. The van der Waals surface area contributed by atoms with E-state index in [1.54, 1.807) is 36.5 Å². The number of nitrogens with one attached hydrogen (secondary N) is 1. The van der Waals surface area contributed by atoms with Gasteiger partial charge in [0.15, 0.2) is 10.8 Å². The highest BCUT2D eigenvalue weighted by molar-refractivity contribution is 7.13. The zero-order chi connectivity index (χ0) is 18.8. The minimum absolute atomic E-state index is 0.287. The summed E-state index contributed by atoms with van der Waals surface area (Å²) in [5.74, 6) is -0.304. The van der Waals surface area contributed by atoms with Crippen molar-refractivity contribution in [2.45, 2.75) is 0 Å². The number of thiazole rings is 1. The van der Waals surface area contributed by atoms with E-state index < -0.39 is 0 Å². The molecule has 0 saturated carbocycles. The Labute approximate surface area is 164 Å². The van der Waals surface area contributed by atoms with E-state index in [1.165, 1.54) is 22.6 Å². The van der Waals surface area contributed by atoms with Crippen LogP contribution in [-0.2, 0) is 0 Å². The maximum Gasteiger partial charge on any atom is 0.285 e. The molecule has 27 heavy (non-hydrogen) atoms. The van der Waals surface area contributed by atoms with Gasteiger partial charge in [-0.15, -0.1) is 11.3 Å². The van der Waals surface area contributed by atoms with E-state index in [-0.39, 0.29) is 11.6 Å². The third-order valence-corrected chi connectivity index (χ3v) is 4.93. The molecule has 2 aromatic heterocycles. The fourth-order valence-corrected chi connectivity index (χ4v) is 3.49. The Hall–Kier alpha value is -3.16. The number of hydrogen-bond donors (Lipinski definition) is 2. The van der Waals surface area contributed by atoms with Crippen molar-refractivity contribution in [3.05, 3.63) is 77.2 Å². The molecular formula is C19H14ClN5OS. The molecule has 6 nitrogen and oxygen atoms in total. The molecule has 0 atom stereocenters. The van der Waals surface area contributed by atoms with Crippen LogP contribution in [0.15, 0.2) is 66.4 Å². The number of hydrogen-bond acceptors (Lipinski definition) is 5. The largest absolute Gasteiger partial charge is 0.399 e. The zero-order valence-electron chi connectivity index (χ0n) is 14.0. The quantitative estimate of drug-likeness (QED) is 0.488. The first-order chi connectivity index (χ1) is 13.1. The number of benzene rings is 2. The van der Waals surface area contributed by atoms with E-state index in [4.69, 9.17) is 17.3 Å². The average molecular weight is 396 g/mol. The molecule has 0 aliphatic carbocycles. The standard InChI is InChI=1S/C19H14ClN5OS/c20-13-6-4-12(5-7-13)16-17(24-11-23-16)18(26)25(19-22-8-9-27-19)15-3-1-2-14(21)10-15/h1-11H,21H2,(H,23,24). The van der Waals surface area contributed by atoms with E-state index >= 15 is 0 Å². The van der Waals surface area contributed by atoms with Crippen LogP contribution in [-0.4, -0.2) is 20.9 Å². The molecule has 134 valence electrons. The molecule has 2 aromatic carbocycles. The van der Waals surface area contributed by atoms with Crippen molar-refractivity contribution in [1.29, 1.82) is 0 Å². The molecule has 0 saturated heterocycles. The summed E-state index contributed by atoms with van der Waals surface area (Å²) >= 11 is 7.33. The number of nitrogens with two attached hydrogens (primary N) is 1. The van der Waals surface area contributed by atoms with Crippen molar-refractivity contribution in [2.75, 3.05) is 10.6 Å². The number of nitrogen functional groups attached to an aromatic ring is 1. The number of halogens is 1. The van der Waals surface area contributed by atoms with Crippen LogP contribution in [0.1, 0.15) is 10.5 Å². The van der Waals surface area contributed by atoms with Gasteiger partial charge in [0.1, 0.15) is 0 Å². The molecule has 2 heterocycles. The molecule has 0 aliphatic heterocycles. The predicted molar refractivity (Wildman–Crippen MR) is 108 cm³/mol. The second-order valence-corrected chi connectivity index (χ2v) is 6.99. The molecule has 4 aromatic rings. The summed E-state index contributed by atoms with van der Waals surface area (Å²) in [6.07, 6.45) is 3.15. The van der Waals surface area contributed by atoms with Crippen molar-refractivity contribution in [2.24, 2.45) is 0 Å². The first kappa shape index (κ1) is 17.3. The summed E-state index contributed by atoms with van der Waals surface area (Å²) in [6.45, 7) is 0. The maximum atomic E-state index is 13.4. The van der Waals surface area contributed by atoms with Crippen LogP contribution in [0.2, 0.25) is 5.02 Å². The Kier molecular flexibility index (Phi) is 4.62. The lowest BCUT2D eigenvalue weighted by molar-refractivity contribution is 0.0995. The van der Waals surface area contributed by atoms with Gasteiger partial charge in [-0.25, -0.2) is 9.97 Å². The van der Waals surface area contributed by atoms with Gasteiger partial charge in [-0.2, -0.15) is 0 Å². The molecular weight excluding hydrogens is 382 g/mol. The van der Waals surface area contributed by atoms with E-state index in [1.807, 2.05) is 23.6 Å². The first-order valence-electron chi connectivity index (χ1n) is 8.02. The van der Waals surface area contributed by atoms with Crippen molar-refractivity contribution >= 4 is 45.4 Å². The summed E-state index contributed by atoms with van der Waals surface area (Å²) in [7, 11) is 0. The summed E-state index contributed by atoms with van der Waals surface area (Å²) in [5.41, 5.74) is 8.81. The molecule has 0 spiro atoms. The number of nitrogens with zero attached hydrogens (tertiary/aromatic N) is 3. The Morgan fingerprint density at radius 1 is 1.15 bits per heavy atom. The van der Waals surface area contributed by atoms with E-state index in [0.717, 1.165) is 5.56 Å². The number of aromatic amines is 1. The fraction of sp³-hybridized carbons (Fsp3) is 0. The van der Waals surface area contributed by atoms with Crippen molar-refractivity contribution < 1.29 is 4.79 Å². The molecule has 0 aliphatic rings. The molecule has 8 heteroatoms. The number of aromatic nitrogens is 3. The third-order valence-electron chi connectivity index (χ3n) is 3.92. The topological polar surface area (TPSA) is 87.9 Å². The van der Waals surface area contributed by atoms with Crippen LogP contribution in [0.3, 0.4) is 0 Å². The fourth-order valence-electron chi connectivity index (χ4n) is 2.70. The number of rotatable bonds is 4. The summed E-state index contributed by atoms with van der Waals surface area (Å²) in [5, 5.41) is 2.97. The summed E-state index contributed by atoms with van der Waals surface area (Å²) < 4.78 is 0. The van der Waals surface area contributed by atoms with Crippen LogP contribution in [0.4, 0.5) is 16.5 Å². The molecule has 0 fully saturated rings. The van der Waals surface area contributed by atoms with Gasteiger partial charge < -0.3 is 10.7 Å². The maximum absolute atomic E-state index is 13.4. The molecule has 0 radical (unpaired) electrons. The predicted octanol–water partition coefficient (Wildman–Crippen LogP) is 4.75. The lowest BCUT2D eigenvalue weighted by Crippen LogP contribution is -2.26. The van der Waals surface area contributed by atoms with Crippen LogP contribution in [0.5, 0.6) is 0 Å². The van der Waals surface area contributed by atoms with Gasteiger partial charge in [-0.05, 0) is 30.3 Å². The van der Waals surface area contributed by atoms with E-state index in [2.05, 4.69) is 15.0 Å². The van der Waals surface area contributed by atoms with E-state index in [9.17, 15) is 4.79 Å². The number of carbonyl (C=O) groups excluding carboxylic acids is 1. The Balaban J connectivity index is 1.80. The second-order valence-electron chi connectivity index (χ2n) is 5.68. The summed E-state index contributed by atoms with van der Waals surface area (Å²) in [4.78, 5) is 26.5. The van der Waals surface area contributed by atoms with Gasteiger partial charge in [-0.1, -0.05) is 29.8 Å². The average Bonchev–Trinajstić information content (AvgIpc) is 3.34. The highest BCUT2D eigenvalue weighted by atomic mass is 35.5. The van der Waals surface area contributed by atoms with Gasteiger partial charge in [0, 0.05) is 27.9 Å². The van der Waals surface area contributed by atoms with Crippen LogP contribution in [0.25, 0.3) is 11.3 Å². The SMILES string of the molecule is Nc1cccc(N(C(=O)c2nc[nH]c2-c2ccc(Cl)cc2)c2nccs2)c1. The molecule has 0 unspecified atom stereocenters. The molecule has 3 N–H and O–H groups in total. The molecule has 0 bridgehead atoms. The van der Waals surface area contributed by atoms with Gasteiger partial charge in [0.25, 0.3) is 5.91 Å². The first-order valence-corrected chi connectivity index (χ1v) is 9.28. The molecule has 4 rings (SSSR count). The summed E-state index contributed by atoms with van der Waals surface area (Å²) in [6, 6.07) is 14.3. The zero-order valence-corrected chi connectivity index (χ0v) is 15.5. The normalized spacial score (nSPS) is 10.7. The number of imidazole rings is 1. The van der Waals surface area contributed by atoms with E-state index in [0.29, 0.717) is 27.2 Å². The highest BCUT2D eigenvalue weighted by Gasteiger charge is 2.26. The smallest absolute Gasteiger partial charge is 0.285 e. The molecule has 1 amide bonds. The Morgan fingerprint density at radius 2 is 1.96 bits per heavy atom. The number of amides is 1. The van der Waals surface area contributed by atoms with Crippen molar-refractivity contribution in [1.82, 2.24) is 15.0 Å². The van der Waals surface area contributed by atoms with Crippen molar-refractivity contribution in [3.8, 4) is 11.3 Å². The number of carbonyl (C=O) groups is 1. The van der Waals surface area contributed by atoms with Gasteiger partial charge >= 0.3 is 0 Å². The van der Waals surface area contributed by atoms with Gasteiger partial charge in [0.05, 0.1) is 17.7 Å². The number of H-pyrrole nitrogens is 1. The minimum atomic E-state index is -0.304. The highest BCUT2D eigenvalue weighted by Crippen LogP contribution is 2.32. The Bertz CT molecular complexity index is 1080. The lowest BCUT2D eigenvalue weighted by atomic mass is 10.1. The Morgan fingerprint density at radius 3 is 2.67 bits per heavy atom. The monoisotopic (exact) mass is 395 g/mol. The van der Waals surface area contributed by atoms with Gasteiger partial charge in [0.2, 0.25) is 0 Å². The minimum Gasteiger partial charge on any atom is -0.399 e. The number of anilines is 3. The van der Waals surface area contributed by atoms with Gasteiger partial charge in [-0.3, -0.25) is 9.69 Å². The van der Waals surface area contributed by atoms with Crippen LogP contribution >= 0.6 is 22.9 Å².